The molecule has 2 aromatic carbocycles. The lowest BCUT2D eigenvalue weighted by Crippen LogP contribution is -2.27. The summed E-state index contributed by atoms with van der Waals surface area (Å²) in [6.07, 6.45) is 1.05. The second kappa shape index (κ2) is 7.77. The molecular weight excluding hydrogens is 336 g/mol. The number of thioether (sulfide) groups is 2. The molecule has 3 rings (SSSR count). The van der Waals surface area contributed by atoms with Crippen molar-refractivity contribution >= 4 is 28.6 Å². The number of aryl methyl sites for hydroxylation is 2. The van der Waals surface area contributed by atoms with E-state index in [4.69, 9.17) is 0 Å². The number of aliphatic hydroxyl groups excluding tert-OH is 1. The lowest BCUT2D eigenvalue weighted by Gasteiger charge is -2.20. The van der Waals surface area contributed by atoms with Gasteiger partial charge in [-0.3, -0.25) is 4.79 Å². The quantitative estimate of drug-likeness (QED) is 0.793. The highest BCUT2D eigenvalue weighted by molar-refractivity contribution is 8.13. The Morgan fingerprint density at radius 2 is 1.46 bits per heavy atom. The van der Waals surface area contributed by atoms with Crippen molar-refractivity contribution in [3.05, 3.63) is 59.7 Å². The Morgan fingerprint density at radius 1 is 0.917 bits per heavy atom. The smallest absolute Gasteiger partial charge is 0.200 e. The van der Waals surface area contributed by atoms with Crippen LogP contribution < -0.4 is 0 Å². The number of rotatable bonds is 4. The highest BCUT2D eigenvalue weighted by atomic mass is 32.2. The summed E-state index contributed by atoms with van der Waals surface area (Å²) in [6, 6.07) is 16.3. The number of carbonyl (C=O) groups excluding carboxylic acids is 1. The molecule has 0 aromatic heterocycles. The molecule has 2 nitrogen and oxygen atoms in total. The SMILES string of the molecule is Cc1ccc(SC(=O)[C@H]2[C@@H](Sc3ccc(C)cc3)CC[C@@H]2O)cc1. The zero-order valence-corrected chi connectivity index (χ0v) is 15.6. The van der Waals surface area contributed by atoms with Gasteiger partial charge in [-0.05, 0) is 51.0 Å². The molecule has 1 aliphatic rings. The first-order valence-corrected chi connectivity index (χ1v) is 9.92. The van der Waals surface area contributed by atoms with Crippen LogP contribution in [0.3, 0.4) is 0 Å². The Labute approximate surface area is 152 Å². The Morgan fingerprint density at radius 3 is 2.04 bits per heavy atom. The van der Waals surface area contributed by atoms with E-state index in [1.54, 1.807) is 11.8 Å². The maximum atomic E-state index is 12.8. The van der Waals surface area contributed by atoms with Crippen molar-refractivity contribution in [1.82, 2.24) is 0 Å². The van der Waals surface area contributed by atoms with Gasteiger partial charge in [0.05, 0.1) is 12.0 Å². The molecule has 0 unspecified atom stereocenters. The van der Waals surface area contributed by atoms with Crippen molar-refractivity contribution < 1.29 is 9.90 Å². The van der Waals surface area contributed by atoms with Crippen LogP contribution in [0.5, 0.6) is 0 Å². The van der Waals surface area contributed by atoms with Crippen molar-refractivity contribution in [2.45, 2.75) is 47.8 Å². The van der Waals surface area contributed by atoms with E-state index in [0.29, 0.717) is 6.42 Å². The molecule has 126 valence electrons. The van der Waals surface area contributed by atoms with Crippen LogP contribution in [-0.4, -0.2) is 21.6 Å². The summed E-state index contributed by atoms with van der Waals surface area (Å²) in [4.78, 5) is 14.9. The van der Waals surface area contributed by atoms with Crippen molar-refractivity contribution in [2.75, 3.05) is 0 Å². The van der Waals surface area contributed by atoms with E-state index < -0.39 is 6.10 Å². The van der Waals surface area contributed by atoms with Crippen molar-refractivity contribution in [3.8, 4) is 0 Å². The zero-order valence-electron chi connectivity index (χ0n) is 13.9. The maximum absolute atomic E-state index is 12.8. The Bertz CT molecular complexity index is 695. The zero-order chi connectivity index (χ0) is 17.1. The second-order valence-electron chi connectivity index (χ2n) is 6.37. The molecule has 0 radical (unpaired) electrons. The largest absolute Gasteiger partial charge is 0.392 e. The first-order valence-electron chi connectivity index (χ1n) is 8.22. The molecule has 1 saturated carbocycles. The third-order valence-corrected chi connectivity index (χ3v) is 6.74. The Kier molecular flexibility index (Phi) is 5.69. The number of aliphatic hydroxyl groups is 1. The molecule has 0 heterocycles. The Balaban J connectivity index is 1.70. The van der Waals surface area contributed by atoms with Crippen LogP contribution in [0, 0.1) is 19.8 Å². The second-order valence-corrected chi connectivity index (χ2v) is 8.76. The van der Waals surface area contributed by atoms with Gasteiger partial charge in [0, 0.05) is 15.0 Å². The summed E-state index contributed by atoms with van der Waals surface area (Å²) < 4.78 is 0. The van der Waals surface area contributed by atoms with Gasteiger partial charge in [-0.15, -0.1) is 11.8 Å². The molecule has 0 bridgehead atoms. The van der Waals surface area contributed by atoms with E-state index in [0.717, 1.165) is 16.2 Å². The van der Waals surface area contributed by atoms with Gasteiger partial charge in [0.25, 0.3) is 0 Å². The minimum atomic E-state index is -0.529. The van der Waals surface area contributed by atoms with Gasteiger partial charge in [-0.25, -0.2) is 0 Å². The monoisotopic (exact) mass is 358 g/mol. The molecule has 1 aliphatic carbocycles. The molecule has 0 spiro atoms. The molecule has 0 aliphatic heterocycles. The fourth-order valence-corrected chi connectivity index (χ4v) is 5.36. The number of hydrogen-bond acceptors (Lipinski definition) is 4. The number of benzene rings is 2. The molecule has 4 heteroatoms. The van der Waals surface area contributed by atoms with Crippen molar-refractivity contribution in [1.29, 1.82) is 0 Å². The molecule has 1 fully saturated rings. The minimum Gasteiger partial charge on any atom is -0.392 e. The first-order chi connectivity index (χ1) is 11.5. The van der Waals surface area contributed by atoms with Gasteiger partial charge in [0.1, 0.15) is 0 Å². The van der Waals surface area contributed by atoms with Crippen LogP contribution in [0.4, 0.5) is 0 Å². The van der Waals surface area contributed by atoms with Gasteiger partial charge < -0.3 is 5.11 Å². The fraction of sp³-hybridized carbons (Fsp3) is 0.350. The lowest BCUT2D eigenvalue weighted by atomic mass is 10.1. The lowest BCUT2D eigenvalue weighted by molar-refractivity contribution is -0.116. The molecule has 2 aromatic rings. The topological polar surface area (TPSA) is 37.3 Å². The van der Waals surface area contributed by atoms with Gasteiger partial charge in [-0.2, -0.15) is 0 Å². The van der Waals surface area contributed by atoms with Crippen molar-refractivity contribution in [2.24, 2.45) is 5.92 Å². The highest BCUT2D eigenvalue weighted by Gasteiger charge is 2.40. The normalized spacial score (nSPS) is 23.4. The van der Waals surface area contributed by atoms with E-state index in [1.165, 1.54) is 22.9 Å². The molecule has 1 N–H and O–H groups in total. The van der Waals surface area contributed by atoms with E-state index in [9.17, 15) is 9.90 Å². The van der Waals surface area contributed by atoms with Gasteiger partial charge in [0.15, 0.2) is 5.12 Å². The third kappa shape index (κ3) is 4.24. The molecule has 3 atom stereocenters. The molecule has 0 amide bonds. The number of carbonyl (C=O) groups is 1. The highest BCUT2D eigenvalue weighted by Crippen LogP contribution is 2.42. The Hall–Kier alpha value is -1.23. The molecule has 0 saturated heterocycles. The van der Waals surface area contributed by atoms with Crippen LogP contribution in [0.15, 0.2) is 58.3 Å². The van der Waals surface area contributed by atoms with Gasteiger partial charge in [0.2, 0.25) is 0 Å². The van der Waals surface area contributed by atoms with Crippen LogP contribution in [0.25, 0.3) is 0 Å². The van der Waals surface area contributed by atoms with E-state index in [1.807, 2.05) is 31.2 Å². The standard InChI is InChI=1S/C20H22O2S2/c1-13-3-7-15(8-4-13)23-18-12-11-17(21)19(18)20(22)24-16-9-5-14(2)6-10-16/h3-10,17-19,21H,11-12H2,1-2H3/t17-,18-,19+/m0/s1. The summed E-state index contributed by atoms with van der Waals surface area (Å²) in [5.74, 6) is -0.303. The third-order valence-electron chi connectivity index (χ3n) is 4.38. The summed E-state index contributed by atoms with van der Waals surface area (Å²) >= 11 is 2.98. The average molecular weight is 359 g/mol. The van der Waals surface area contributed by atoms with Gasteiger partial charge >= 0.3 is 0 Å². The van der Waals surface area contributed by atoms with Crippen LogP contribution >= 0.6 is 23.5 Å². The van der Waals surface area contributed by atoms with Crippen LogP contribution in [-0.2, 0) is 4.79 Å². The predicted molar refractivity (Wildman–Crippen MR) is 102 cm³/mol. The van der Waals surface area contributed by atoms with E-state index in [-0.39, 0.29) is 16.3 Å². The van der Waals surface area contributed by atoms with Crippen molar-refractivity contribution in [3.63, 3.8) is 0 Å². The average Bonchev–Trinajstić information content (AvgIpc) is 2.92. The number of hydrogen-bond donors (Lipinski definition) is 1. The predicted octanol–water partition coefficient (Wildman–Crippen LogP) is 4.85. The van der Waals surface area contributed by atoms with E-state index >= 15 is 0 Å². The summed E-state index contributed by atoms with van der Waals surface area (Å²) in [6.45, 7) is 4.10. The molecule has 24 heavy (non-hydrogen) atoms. The maximum Gasteiger partial charge on any atom is 0.200 e. The van der Waals surface area contributed by atoms with Crippen LogP contribution in [0.1, 0.15) is 24.0 Å². The van der Waals surface area contributed by atoms with Crippen LogP contribution in [0.2, 0.25) is 0 Å². The van der Waals surface area contributed by atoms with E-state index in [2.05, 4.69) is 31.2 Å². The summed E-state index contributed by atoms with van der Waals surface area (Å²) in [5, 5.41) is 10.6. The summed E-state index contributed by atoms with van der Waals surface area (Å²) in [5.41, 5.74) is 2.41. The van der Waals surface area contributed by atoms with Gasteiger partial charge in [-0.1, -0.05) is 47.2 Å². The summed E-state index contributed by atoms with van der Waals surface area (Å²) in [7, 11) is 0. The first kappa shape index (κ1) is 17.6. The fourth-order valence-electron chi connectivity index (χ4n) is 2.97. The minimum absolute atomic E-state index is 0.0773. The molecular formula is C20H22O2S2.